The highest BCUT2D eigenvalue weighted by Crippen LogP contribution is 2.26. The number of anilines is 1. The van der Waals surface area contributed by atoms with Crippen LogP contribution in [0.1, 0.15) is 53.7 Å². The van der Waals surface area contributed by atoms with Gasteiger partial charge >= 0.3 is 30.3 Å². The first kappa shape index (κ1) is 37.2. The molecule has 12 nitrogen and oxygen atoms in total. The lowest BCUT2D eigenvalue weighted by Gasteiger charge is -2.17. The van der Waals surface area contributed by atoms with Crippen LogP contribution in [0.3, 0.4) is 0 Å². The molecule has 5 rings (SSSR count). The van der Waals surface area contributed by atoms with Gasteiger partial charge in [0.2, 0.25) is 5.89 Å². The van der Waals surface area contributed by atoms with Gasteiger partial charge in [0.15, 0.2) is 5.82 Å². The molecule has 1 atom stereocenters. The fourth-order valence-corrected chi connectivity index (χ4v) is 4.45. The van der Waals surface area contributed by atoms with Crippen molar-refractivity contribution in [2.45, 2.75) is 63.2 Å². The summed E-state index contributed by atoms with van der Waals surface area (Å²) in [6.45, 7) is 0.979. The third kappa shape index (κ3) is 11.8. The Bertz CT molecular complexity index is 1690. The number of aromatic nitrogens is 4. The third-order valence-electron chi connectivity index (χ3n) is 6.71. The Hall–Kier alpha value is -5.29. The molecule has 1 aromatic carbocycles. The summed E-state index contributed by atoms with van der Waals surface area (Å²) < 4.78 is 68.9. The summed E-state index contributed by atoms with van der Waals surface area (Å²) in [5.41, 5.74) is 4.08. The number of fused-ring (bicyclic) bond motifs is 2. The zero-order valence-corrected chi connectivity index (χ0v) is 24.9. The lowest BCUT2D eigenvalue weighted by molar-refractivity contribution is -0.193. The number of nitrogens with one attached hydrogen (secondary N) is 1. The SMILES string of the molecule is O=C(O)C(F)(F)F.O=C(O)C(F)(F)F.O=C(O)CC(Cc1nc(CCCc2ccc3c(n2)NCCC3)no1)c1cnc2ccccc2c1. The molecular formula is C30H29F6N5O7. The number of carbonyl (C=O) groups is 3. The van der Waals surface area contributed by atoms with Gasteiger partial charge in [0, 0.05) is 42.6 Å². The molecule has 258 valence electrons. The van der Waals surface area contributed by atoms with Crippen LogP contribution in [0.2, 0.25) is 0 Å². The molecule has 0 saturated heterocycles. The van der Waals surface area contributed by atoms with E-state index in [9.17, 15) is 36.2 Å². The number of alkyl halides is 6. The largest absolute Gasteiger partial charge is 0.490 e. The Kier molecular flexibility index (Phi) is 12.8. The van der Waals surface area contributed by atoms with Crippen molar-refractivity contribution in [3.63, 3.8) is 0 Å². The second-order valence-electron chi connectivity index (χ2n) is 10.4. The first-order chi connectivity index (χ1) is 22.5. The molecule has 4 heterocycles. The van der Waals surface area contributed by atoms with Gasteiger partial charge in [-0.2, -0.15) is 31.3 Å². The molecule has 1 aliphatic rings. The van der Waals surface area contributed by atoms with E-state index in [2.05, 4.69) is 32.6 Å². The molecule has 0 radical (unpaired) electrons. The van der Waals surface area contributed by atoms with Crippen LogP contribution in [0.5, 0.6) is 0 Å². The summed E-state index contributed by atoms with van der Waals surface area (Å²) in [6.07, 6.45) is -3.49. The second kappa shape index (κ2) is 16.5. The van der Waals surface area contributed by atoms with Crippen LogP contribution in [-0.4, -0.2) is 72.2 Å². The van der Waals surface area contributed by atoms with Crippen molar-refractivity contribution in [3.05, 3.63) is 77.2 Å². The molecule has 0 amide bonds. The highest BCUT2D eigenvalue weighted by Gasteiger charge is 2.38. The molecule has 1 aliphatic heterocycles. The van der Waals surface area contributed by atoms with Gasteiger partial charge in [0.1, 0.15) is 5.82 Å². The van der Waals surface area contributed by atoms with Crippen LogP contribution in [0.15, 0.2) is 53.2 Å². The third-order valence-corrected chi connectivity index (χ3v) is 6.71. The Morgan fingerprint density at radius 2 is 1.58 bits per heavy atom. The number of pyridine rings is 2. The quantitative estimate of drug-likeness (QED) is 0.160. The Morgan fingerprint density at radius 3 is 2.23 bits per heavy atom. The lowest BCUT2D eigenvalue weighted by Crippen LogP contribution is -2.21. The van der Waals surface area contributed by atoms with Crippen LogP contribution >= 0.6 is 0 Å². The van der Waals surface area contributed by atoms with E-state index in [4.69, 9.17) is 29.3 Å². The van der Waals surface area contributed by atoms with Gasteiger partial charge < -0.3 is 25.2 Å². The summed E-state index contributed by atoms with van der Waals surface area (Å²) >= 11 is 0. The average molecular weight is 686 g/mol. The fraction of sp³-hybridized carbons (Fsp3) is 0.367. The number of carboxylic acid groups (broad SMARTS) is 3. The molecule has 4 N–H and O–H groups in total. The number of hydrogen-bond donors (Lipinski definition) is 4. The number of benzene rings is 1. The first-order valence-corrected chi connectivity index (χ1v) is 14.2. The predicted molar refractivity (Wildman–Crippen MR) is 155 cm³/mol. The molecule has 3 aromatic heterocycles. The number of carboxylic acids is 3. The van der Waals surface area contributed by atoms with Crippen LogP contribution in [0, 0.1) is 0 Å². The second-order valence-corrected chi connectivity index (χ2v) is 10.4. The molecule has 4 aromatic rings. The fourth-order valence-electron chi connectivity index (χ4n) is 4.45. The summed E-state index contributed by atoms with van der Waals surface area (Å²) in [6, 6.07) is 14.0. The monoisotopic (exact) mass is 685 g/mol. The van der Waals surface area contributed by atoms with E-state index in [1.54, 1.807) is 6.20 Å². The number of halogens is 6. The van der Waals surface area contributed by atoms with Crippen molar-refractivity contribution in [2.75, 3.05) is 11.9 Å². The van der Waals surface area contributed by atoms with E-state index in [1.165, 1.54) is 5.56 Å². The summed E-state index contributed by atoms with van der Waals surface area (Å²) in [5, 5.41) is 32.2. The minimum absolute atomic E-state index is 0.0320. The van der Waals surface area contributed by atoms with Crippen molar-refractivity contribution in [1.29, 1.82) is 0 Å². The van der Waals surface area contributed by atoms with Gasteiger partial charge in [0.25, 0.3) is 0 Å². The molecule has 18 heteroatoms. The van der Waals surface area contributed by atoms with E-state index in [0.29, 0.717) is 24.6 Å². The van der Waals surface area contributed by atoms with Crippen LogP contribution in [0.4, 0.5) is 32.2 Å². The number of hydrogen-bond acceptors (Lipinski definition) is 9. The zero-order valence-electron chi connectivity index (χ0n) is 24.9. The maximum absolute atomic E-state index is 11.5. The zero-order chi connectivity index (χ0) is 35.5. The average Bonchev–Trinajstić information content (AvgIpc) is 3.47. The standard InChI is InChI=1S/C26H27N5O3.2C2HF3O2/c32-25(33)15-19(20-13-18-5-1-2-8-22(18)28-16-20)14-24-30-23(31-34-24)9-3-7-21-11-10-17-6-4-12-27-26(17)29-21;2*3-2(4,5)1(6)7/h1-2,5,8,10-11,13,16,19H,3-4,6-7,9,12,14-15H2,(H,27,29)(H,32,33);2*(H,6,7). The Labute approximate surface area is 267 Å². The first-order valence-electron chi connectivity index (χ1n) is 14.2. The number of rotatable bonds is 9. The van der Waals surface area contributed by atoms with Gasteiger partial charge in [-0.05, 0) is 55.0 Å². The van der Waals surface area contributed by atoms with Crippen molar-refractivity contribution in [3.8, 4) is 0 Å². The van der Waals surface area contributed by atoms with E-state index >= 15 is 0 Å². The van der Waals surface area contributed by atoms with Crippen molar-refractivity contribution in [2.24, 2.45) is 0 Å². The van der Waals surface area contributed by atoms with Crippen LogP contribution < -0.4 is 5.32 Å². The van der Waals surface area contributed by atoms with E-state index < -0.39 is 30.3 Å². The normalized spacial score (nSPS) is 13.1. The molecule has 48 heavy (non-hydrogen) atoms. The maximum Gasteiger partial charge on any atom is 0.490 e. The molecule has 0 spiro atoms. The number of para-hydroxylation sites is 1. The predicted octanol–water partition coefficient (Wildman–Crippen LogP) is 5.61. The molecule has 0 aliphatic carbocycles. The van der Waals surface area contributed by atoms with E-state index in [1.807, 2.05) is 30.3 Å². The minimum Gasteiger partial charge on any atom is -0.481 e. The topological polar surface area (TPSA) is 189 Å². The number of nitrogens with zero attached hydrogens (tertiary/aromatic N) is 4. The van der Waals surface area contributed by atoms with Crippen molar-refractivity contribution in [1.82, 2.24) is 20.1 Å². The van der Waals surface area contributed by atoms with Gasteiger partial charge in [-0.3, -0.25) is 9.78 Å². The van der Waals surface area contributed by atoms with Crippen LogP contribution in [-0.2, 0) is 40.1 Å². The maximum atomic E-state index is 11.5. The summed E-state index contributed by atoms with van der Waals surface area (Å²) in [5.74, 6) is -4.58. The highest BCUT2D eigenvalue weighted by atomic mass is 19.4. The molecule has 0 fully saturated rings. The molecule has 1 unspecified atom stereocenters. The molecule has 0 saturated carbocycles. The minimum atomic E-state index is -5.08. The lowest BCUT2D eigenvalue weighted by atomic mass is 9.93. The molecule has 0 bridgehead atoms. The van der Waals surface area contributed by atoms with Crippen LogP contribution in [0.25, 0.3) is 10.9 Å². The Balaban J connectivity index is 0.000000376. The van der Waals surface area contributed by atoms with Gasteiger partial charge in [-0.25, -0.2) is 14.6 Å². The van der Waals surface area contributed by atoms with Crippen molar-refractivity contribution < 1.29 is 60.6 Å². The summed E-state index contributed by atoms with van der Waals surface area (Å²) in [4.78, 5) is 43.0. The van der Waals surface area contributed by atoms with E-state index in [0.717, 1.165) is 60.2 Å². The van der Waals surface area contributed by atoms with E-state index in [-0.39, 0.29) is 12.3 Å². The Morgan fingerprint density at radius 1 is 0.917 bits per heavy atom. The smallest absolute Gasteiger partial charge is 0.481 e. The molecular weight excluding hydrogens is 656 g/mol. The van der Waals surface area contributed by atoms with Gasteiger partial charge in [-0.15, -0.1) is 0 Å². The van der Waals surface area contributed by atoms with Gasteiger partial charge in [0.05, 0.1) is 11.9 Å². The summed E-state index contributed by atoms with van der Waals surface area (Å²) in [7, 11) is 0. The highest BCUT2D eigenvalue weighted by molar-refractivity contribution is 5.79. The van der Waals surface area contributed by atoms with Gasteiger partial charge in [-0.1, -0.05) is 29.4 Å². The number of aryl methyl sites for hydroxylation is 3. The van der Waals surface area contributed by atoms with Crippen molar-refractivity contribution >= 4 is 34.6 Å². The number of aliphatic carboxylic acids is 3.